The molecule has 2 N–H and O–H groups in total. The number of ether oxygens (including phenoxy) is 2. The van der Waals surface area contributed by atoms with E-state index in [1.807, 2.05) is 31.2 Å². The first kappa shape index (κ1) is 19.5. The standard InChI is InChI=1S/C20H24N2O4/c1-14-8-4-7-11-18(14)26-15(2)19(23)22-17-10-6-5-9-16(17)20(24)21-12-13-25-3/h4-11,15H,12-13H2,1-3H3,(H,21,24)(H,22,23)/t15-/m1/s1. The quantitative estimate of drug-likeness (QED) is 0.713. The predicted octanol–water partition coefficient (Wildman–Crippen LogP) is 2.78. The summed E-state index contributed by atoms with van der Waals surface area (Å²) in [6.45, 7) is 4.40. The maximum absolute atomic E-state index is 12.5. The summed E-state index contributed by atoms with van der Waals surface area (Å²) >= 11 is 0. The zero-order valence-electron chi connectivity index (χ0n) is 15.2. The summed E-state index contributed by atoms with van der Waals surface area (Å²) in [5.41, 5.74) is 1.78. The largest absolute Gasteiger partial charge is 0.481 e. The van der Waals surface area contributed by atoms with Crippen LogP contribution in [0.3, 0.4) is 0 Å². The molecule has 0 aromatic heterocycles. The Morgan fingerprint density at radius 3 is 2.50 bits per heavy atom. The van der Waals surface area contributed by atoms with E-state index in [9.17, 15) is 9.59 Å². The third kappa shape index (κ3) is 5.32. The molecule has 2 rings (SSSR count). The van der Waals surface area contributed by atoms with Gasteiger partial charge in [0.05, 0.1) is 17.9 Å². The molecule has 0 aliphatic carbocycles. The molecular weight excluding hydrogens is 332 g/mol. The summed E-state index contributed by atoms with van der Waals surface area (Å²) in [6.07, 6.45) is -0.708. The number of aryl methyl sites for hydroxylation is 1. The second-order valence-electron chi connectivity index (χ2n) is 5.81. The van der Waals surface area contributed by atoms with E-state index < -0.39 is 6.10 Å². The van der Waals surface area contributed by atoms with Crippen molar-refractivity contribution in [2.45, 2.75) is 20.0 Å². The van der Waals surface area contributed by atoms with Gasteiger partial charge in [0.25, 0.3) is 11.8 Å². The molecule has 138 valence electrons. The van der Waals surface area contributed by atoms with Crippen molar-refractivity contribution in [2.75, 3.05) is 25.6 Å². The normalized spacial score (nSPS) is 11.5. The van der Waals surface area contributed by atoms with Crippen LogP contribution in [-0.2, 0) is 9.53 Å². The molecule has 26 heavy (non-hydrogen) atoms. The summed E-state index contributed by atoms with van der Waals surface area (Å²) < 4.78 is 10.6. The molecule has 6 heteroatoms. The molecule has 0 aliphatic rings. The highest BCUT2D eigenvalue weighted by atomic mass is 16.5. The predicted molar refractivity (Wildman–Crippen MR) is 101 cm³/mol. The van der Waals surface area contributed by atoms with Crippen molar-refractivity contribution in [1.29, 1.82) is 0 Å². The summed E-state index contributed by atoms with van der Waals surface area (Å²) in [5, 5.41) is 5.51. The topological polar surface area (TPSA) is 76.7 Å². The Hall–Kier alpha value is -2.86. The fourth-order valence-electron chi connectivity index (χ4n) is 2.32. The third-order valence-corrected chi connectivity index (χ3v) is 3.79. The van der Waals surface area contributed by atoms with Gasteiger partial charge >= 0.3 is 0 Å². The average molecular weight is 356 g/mol. The molecule has 1 atom stereocenters. The van der Waals surface area contributed by atoms with E-state index in [2.05, 4.69) is 10.6 Å². The zero-order valence-corrected chi connectivity index (χ0v) is 15.2. The minimum Gasteiger partial charge on any atom is -0.481 e. The molecule has 0 radical (unpaired) electrons. The molecule has 6 nitrogen and oxygen atoms in total. The highest BCUT2D eigenvalue weighted by Gasteiger charge is 2.18. The van der Waals surface area contributed by atoms with E-state index in [0.717, 1.165) is 5.56 Å². The van der Waals surface area contributed by atoms with E-state index in [1.165, 1.54) is 0 Å². The molecule has 2 aromatic rings. The maximum Gasteiger partial charge on any atom is 0.265 e. The smallest absolute Gasteiger partial charge is 0.265 e. The lowest BCUT2D eigenvalue weighted by Crippen LogP contribution is -2.32. The Balaban J connectivity index is 2.04. The van der Waals surface area contributed by atoms with Crippen molar-refractivity contribution in [1.82, 2.24) is 5.32 Å². The second kappa shape index (κ2) is 9.58. The summed E-state index contributed by atoms with van der Waals surface area (Å²) in [5.74, 6) is 0.0524. The van der Waals surface area contributed by atoms with Gasteiger partial charge in [-0.2, -0.15) is 0 Å². The highest BCUT2D eigenvalue weighted by molar-refractivity contribution is 6.04. The van der Waals surface area contributed by atoms with Crippen LogP contribution >= 0.6 is 0 Å². The Morgan fingerprint density at radius 2 is 1.77 bits per heavy atom. The zero-order chi connectivity index (χ0) is 18.9. The first-order chi connectivity index (χ1) is 12.5. The van der Waals surface area contributed by atoms with Crippen LogP contribution in [0.2, 0.25) is 0 Å². The van der Waals surface area contributed by atoms with Crippen LogP contribution in [0.15, 0.2) is 48.5 Å². The first-order valence-corrected chi connectivity index (χ1v) is 8.42. The lowest BCUT2D eigenvalue weighted by molar-refractivity contribution is -0.122. The number of nitrogens with one attached hydrogen (secondary N) is 2. The fourth-order valence-corrected chi connectivity index (χ4v) is 2.32. The number of rotatable bonds is 8. The van der Waals surface area contributed by atoms with Crippen molar-refractivity contribution in [3.05, 3.63) is 59.7 Å². The third-order valence-electron chi connectivity index (χ3n) is 3.79. The van der Waals surface area contributed by atoms with Crippen molar-refractivity contribution < 1.29 is 19.1 Å². The van der Waals surface area contributed by atoms with Crippen LogP contribution in [0.5, 0.6) is 5.75 Å². The number of methoxy groups -OCH3 is 1. The molecule has 2 aromatic carbocycles. The van der Waals surface area contributed by atoms with Gasteiger partial charge < -0.3 is 20.1 Å². The number of carbonyl (C=O) groups excluding carboxylic acids is 2. The van der Waals surface area contributed by atoms with Crippen LogP contribution in [0, 0.1) is 6.92 Å². The van der Waals surface area contributed by atoms with Gasteiger partial charge in [-0.05, 0) is 37.6 Å². The van der Waals surface area contributed by atoms with Gasteiger partial charge in [0.15, 0.2) is 6.10 Å². The maximum atomic E-state index is 12.5. The average Bonchev–Trinajstić information content (AvgIpc) is 2.64. The van der Waals surface area contributed by atoms with Crippen molar-refractivity contribution >= 4 is 17.5 Å². The molecular formula is C20H24N2O4. The minimum absolute atomic E-state index is 0.273. The minimum atomic E-state index is -0.708. The number of hydrogen-bond donors (Lipinski definition) is 2. The number of carbonyl (C=O) groups is 2. The lowest BCUT2D eigenvalue weighted by Gasteiger charge is -2.17. The van der Waals surface area contributed by atoms with Crippen molar-refractivity contribution in [2.24, 2.45) is 0 Å². The Bertz CT molecular complexity index is 761. The Morgan fingerprint density at radius 1 is 1.08 bits per heavy atom. The Kier molecular flexibility index (Phi) is 7.17. The number of benzene rings is 2. The van der Waals surface area contributed by atoms with Gasteiger partial charge in [-0.1, -0.05) is 30.3 Å². The highest BCUT2D eigenvalue weighted by Crippen LogP contribution is 2.19. The van der Waals surface area contributed by atoms with E-state index in [1.54, 1.807) is 38.3 Å². The number of para-hydroxylation sites is 2. The van der Waals surface area contributed by atoms with Crippen LogP contribution in [0.1, 0.15) is 22.8 Å². The fraction of sp³-hybridized carbons (Fsp3) is 0.300. The summed E-state index contributed by atoms with van der Waals surface area (Å²) in [7, 11) is 1.57. The monoisotopic (exact) mass is 356 g/mol. The summed E-state index contributed by atoms with van der Waals surface area (Å²) in [6, 6.07) is 14.3. The van der Waals surface area contributed by atoms with Gasteiger partial charge in [-0.3, -0.25) is 9.59 Å². The van der Waals surface area contributed by atoms with Crippen LogP contribution in [-0.4, -0.2) is 38.2 Å². The summed E-state index contributed by atoms with van der Waals surface area (Å²) in [4.78, 5) is 24.8. The SMILES string of the molecule is COCCNC(=O)c1ccccc1NC(=O)[C@@H](C)Oc1ccccc1C. The van der Waals surface area contributed by atoms with Crippen molar-refractivity contribution in [3.63, 3.8) is 0 Å². The molecule has 0 saturated carbocycles. The van der Waals surface area contributed by atoms with Gasteiger partial charge in [0, 0.05) is 13.7 Å². The van der Waals surface area contributed by atoms with Crippen LogP contribution in [0.25, 0.3) is 0 Å². The molecule has 0 heterocycles. The van der Waals surface area contributed by atoms with Crippen LogP contribution < -0.4 is 15.4 Å². The molecule has 0 unspecified atom stereocenters. The van der Waals surface area contributed by atoms with E-state index in [-0.39, 0.29) is 11.8 Å². The number of amides is 2. The van der Waals surface area contributed by atoms with E-state index in [4.69, 9.17) is 9.47 Å². The first-order valence-electron chi connectivity index (χ1n) is 8.42. The molecule has 0 fully saturated rings. The van der Waals surface area contributed by atoms with E-state index in [0.29, 0.717) is 30.2 Å². The molecule has 0 spiro atoms. The molecule has 0 bridgehead atoms. The van der Waals surface area contributed by atoms with E-state index >= 15 is 0 Å². The van der Waals surface area contributed by atoms with Gasteiger partial charge in [0.2, 0.25) is 0 Å². The van der Waals surface area contributed by atoms with Gasteiger partial charge in [0.1, 0.15) is 5.75 Å². The van der Waals surface area contributed by atoms with Crippen LogP contribution in [0.4, 0.5) is 5.69 Å². The molecule has 2 amide bonds. The second-order valence-corrected chi connectivity index (χ2v) is 5.81. The van der Waals surface area contributed by atoms with Crippen molar-refractivity contribution in [3.8, 4) is 5.75 Å². The number of hydrogen-bond acceptors (Lipinski definition) is 4. The lowest BCUT2D eigenvalue weighted by atomic mass is 10.1. The number of anilines is 1. The van der Waals surface area contributed by atoms with Gasteiger partial charge in [-0.15, -0.1) is 0 Å². The Labute approximate surface area is 153 Å². The molecule has 0 aliphatic heterocycles. The van der Waals surface area contributed by atoms with Gasteiger partial charge in [-0.25, -0.2) is 0 Å². The molecule has 0 saturated heterocycles.